The minimum Gasteiger partial charge on any atom is -0.481 e. The Bertz CT molecular complexity index is 543. The number of nitrogens with two attached hydrogens (primary N) is 1. The number of ether oxygens (including phenoxy) is 1. The molecule has 1 heterocycles. The minimum absolute atomic E-state index is 0.0453. The van der Waals surface area contributed by atoms with E-state index in [1.807, 2.05) is 4.90 Å². The first-order chi connectivity index (χ1) is 10.2. The van der Waals surface area contributed by atoms with Crippen LogP contribution in [0, 0.1) is 5.41 Å². The van der Waals surface area contributed by atoms with Crippen LogP contribution in [0.1, 0.15) is 27.2 Å². The van der Waals surface area contributed by atoms with Crippen LogP contribution in [0.2, 0.25) is 10.0 Å². The lowest BCUT2D eigenvalue weighted by atomic mass is 9.79. The Balaban J connectivity index is 2.03. The molecule has 0 aliphatic carbocycles. The molecule has 2 rings (SSSR count). The molecule has 1 saturated heterocycles. The summed E-state index contributed by atoms with van der Waals surface area (Å²) in [6.07, 6.45) is 0.203. The molecule has 1 fully saturated rings. The van der Waals surface area contributed by atoms with Gasteiger partial charge in [0.05, 0.1) is 0 Å². The third kappa shape index (κ3) is 4.06. The van der Waals surface area contributed by atoms with E-state index in [1.165, 1.54) is 0 Å². The number of likely N-dealkylation sites (tertiary alicyclic amines) is 1. The van der Waals surface area contributed by atoms with Crippen LogP contribution in [-0.4, -0.2) is 36.0 Å². The van der Waals surface area contributed by atoms with Gasteiger partial charge < -0.3 is 15.4 Å². The first-order valence-electron chi connectivity index (χ1n) is 7.36. The number of halogens is 2. The van der Waals surface area contributed by atoms with Gasteiger partial charge in [0.1, 0.15) is 5.75 Å². The summed E-state index contributed by atoms with van der Waals surface area (Å²) in [6.45, 7) is 7.20. The van der Waals surface area contributed by atoms with Crippen LogP contribution >= 0.6 is 23.2 Å². The maximum Gasteiger partial charge on any atom is 0.263 e. The Morgan fingerprint density at radius 2 is 1.95 bits per heavy atom. The maximum atomic E-state index is 12.6. The molecule has 122 valence electrons. The fourth-order valence-corrected chi connectivity index (χ4v) is 3.18. The Labute approximate surface area is 141 Å². The van der Waals surface area contributed by atoms with Crippen molar-refractivity contribution < 1.29 is 9.53 Å². The monoisotopic (exact) mass is 344 g/mol. The van der Waals surface area contributed by atoms with E-state index in [2.05, 4.69) is 13.8 Å². The van der Waals surface area contributed by atoms with Crippen molar-refractivity contribution in [2.45, 2.75) is 39.3 Å². The van der Waals surface area contributed by atoms with Gasteiger partial charge in [0.15, 0.2) is 6.10 Å². The predicted molar refractivity (Wildman–Crippen MR) is 89.5 cm³/mol. The SMILES string of the molecule is CC(Oc1cc(Cl)cc(Cl)c1)C(=O)N1CCC(N)C(C)(C)C1. The van der Waals surface area contributed by atoms with Crippen LogP contribution in [0.5, 0.6) is 5.75 Å². The van der Waals surface area contributed by atoms with Gasteiger partial charge >= 0.3 is 0 Å². The van der Waals surface area contributed by atoms with Gasteiger partial charge in [0, 0.05) is 29.2 Å². The second-order valence-electron chi connectivity index (χ2n) is 6.51. The molecular formula is C16H22Cl2N2O2. The number of benzene rings is 1. The van der Waals surface area contributed by atoms with Gasteiger partial charge in [-0.05, 0) is 37.0 Å². The van der Waals surface area contributed by atoms with E-state index >= 15 is 0 Å². The van der Waals surface area contributed by atoms with Gasteiger partial charge in [-0.3, -0.25) is 4.79 Å². The Kier molecular flexibility index (Phi) is 5.25. The Morgan fingerprint density at radius 1 is 1.36 bits per heavy atom. The number of piperidine rings is 1. The zero-order chi connectivity index (χ0) is 16.5. The van der Waals surface area contributed by atoms with E-state index in [0.717, 1.165) is 6.42 Å². The van der Waals surface area contributed by atoms with Crippen LogP contribution in [0.25, 0.3) is 0 Å². The van der Waals surface area contributed by atoms with Gasteiger partial charge in [-0.1, -0.05) is 37.0 Å². The average Bonchev–Trinajstić information content (AvgIpc) is 2.39. The fraction of sp³-hybridized carbons (Fsp3) is 0.562. The Morgan fingerprint density at radius 3 is 2.50 bits per heavy atom. The molecule has 4 nitrogen and oxygen atoms in total. The summed E-state index contributed by atoms with van der Waals surface area (Å²) in [6, 6.07) is 5.02. The largest absolute Gasteiger partial charge is 0.481 e. The first-order valence-corrected chi connectivity index (χ1v) is 8.12. The molecule has 2 unspecified atom stereocenters. The molecule has 1 aromatic rings. The maximum absolute atomic E-state index is 12.6. The van der Waals surface area contributed by atoms with Gasteiger partial charge in [-0.25, -0.2) is 0 Å². The molecule has 22 heavy (non-hydrogen) atoms. The highest BCUT2D eigenvalue weighted by Crippen LogP contribution is 2.29. The summed E-state index contributed by atoms with van der Waals surface area (Å²) in [4.78, 5) is 14.4. The number of amides is 1. The third-order valence-electron chi connectivity index (χ3n) is 4.12. The first kappa shape index (κ1) is 17.4. The van der Waals surface area contributed by atoms with E-state index in [-0.39, 0.29) is 17.4 Å². The lowest BCUT2D eigenvalue weighted by molar-refractivity contribution is -0.141. The third-order valence-corrected chi connectivity index (χ3v) is 4.56. The molecule has 1 aliphatic heterocycles. The van der Waals surface area contributed by atoms with Crippen molar-refractivity contribution in [3.8, 4) is 5.75 Å². The number of nitrogens with zero attached hydrogens (tertiary/aromatic N) is 1. The molecule has 0 bridgehead atoms. The quantitative estimate of drug-likeness (QED) is 0.914. The topological polar surface area (TPSA) is 55.6 Å². The summed E-state index contributed by atoms with van der Waals surface area (Å²) in [7, 11) is 0. The predicted octanol–water partition coefficient (Wildman–Crippen LogP) is 3.35. The smallest absolute Gasteiger partial charge is 0.263 e. The lowest BCUT2D eigenvalue weighted by Gasteiger charge is -2.43. The Hall–Kier alpha value is -0.970. The van der Waals surface area contributed by atoms with E-state index in [0.29, 0.717) is 28.9 Å². The summed E-state index contributed by atoms with van der Waals surface area (Å²) in [5, 5.41) is 0.958. The van der Waals surface area contributed by atoms with Crippen molar-refractivity contribution in [1.82, 2.24) is 4.90 Å². The zero-order valence-corrected chi connectivity index (χ0v) is 14.6. The van der Waals surface area contributed by atoms with Gasteiger partial charge in [-0.2, -0.15) is 0 Å². The van der Waals surface area contributed by atoms with Crippen LogP contribution in [-0.2, 0) is 4.79 Å². The van der Waals surface area contributed by atoms with Crippen molar-refractivity contribution in [3.63, 3.8) is 0 Å². The van der Waals surface area contributed by atoms with Crippen LogP contribution in [0.4, 0.5) is 0 Å². The highest BCUT2D eigenvalue weighted by atomic mass is 35.5. The number of carbonyl (C=O) groups excluding carboxylic acids is 1. The van der Waals surface area contributed by atoms with Crippen LogP contribution in [0.15, 0.2) is 18.2 Å². The standard InChI is InChI=1S/C16H22Cl2N2O2/c1-10(22-13-7-11(17)6-12(18)8-13)15(21)20-5-4-14(19)16(2,3)9-20/h6-8,10,14H,4-5,9,19H2,1-3H3. The number of hydrogen-bond acceptors (Lipinski definition) is 3. The molecule has 1 aliphatic rings. The van der Waals surface area contributed by atoms with Gasteiger partial charge in [-0.15, -0.1) is 0 Å². The highest BCUT2D eigenvalue weighted by Gasteiger charge is 2.36. The normalized spacial score (nSPS) is 22.3. The van der Waals surface area contributed by atoms with Gasteiger partial charge in [0.2, 0.25) is 0 Å². The van der Waals surface area contributed by atoms with Crippen molar-refractivity contribution in [2.75, 3.05) is 13.1 Å². The highest BCUT2D eigenvalue weighted by molar-refractivity contribution is 6.34. The van der Waals surface area contributed by atoms with Crippen molar-refractivity contribution >= 4 is 29.1 Å². The molecule has 1 amide bonds. The molecule has 0 spiro atoms. The van der Waals surface area contributed by atoms with Crippen LogP contribution < -0.4 is 10.5 Å². The van der Waals surface area contributed by atoms with E-state index in [1.54, 1.807) is 25.1 Å². The van der Waals surface area contributed by atoms with Gasteiger partial charge in [0.25, 0.3) is 5.91 Å². The van der Waals surface area contributed by atoms with Crippen molar-refractivity contribution in [2.24, 2.45) is 11.1 Å². The summed E-state index contributed by atoms with van der Waals surface area (Å²) in [5.41, 5.74) is 6.02. The van der Waals surface area contributed by atoms with E-state index in [4.69, 9.17) is 33.7 Å². The molecule has 2 N–H and O–H groups in total. The second kappa shape index (κ2) is 6.65. The number of rotatable bonds is 3. The van der Waals surface area contributed by atoms with E-state index < -0.39 is 6.10 Å². The molecule has 0 radical (unpaired) electrons. The minimum atomic E-state index is -0.598. The number of carbonyl (C=O) groups is 1. The average molecular weight is 345 g/mol. The molecule has 2 atom stereocenters. The van der Waals surface area contributed by atoms with E-state index in [9.17, 15) is 4.79 Å². The zero-order valence-electron chi connectivity index (χ0n) is 13.1. The molecule has 0 aromatic heterocycles. The lowest BCUT2D eigenvalue weighted by Crippen LogP contribution is -2.56. The molecule has 6 heteroatoms. The van der Waals surface area contributed by atoms with Crippen LogP contribution in [0.3, 0.4) is 0 Å². The van der Waals surface area contributed by atoms with Crippen molar-refractivity contribution in [1.29, 1.82) is 0 Å². The summed E-state index contributed by atoms with van der Waals surface area (Å²) >= 11 is 11.9. The summed E-state index contributed by atoms with van der Waals surface area (Å²) < 4.78 is 5.69. The fourth-order valence-electron chi connectivity index (χ4n) is 2.67. The van der Waals surface area contributed by atoms with Crippen molar-refractivity contribution in [3.05, 3.63) is 28.2 Å². The summed E-state index contributed by atoms with van der Waals surface area (Å²) in [5.74, 6) is 0.447. The number of hydrogen-bond donors (Lipinski definition) is 1. The molecular weight excluding hydrogens is 323 g/mol. The second-order valence-corrected chi connectivity index (χ2v) is 7.38. The molecule has 1 aromatic carbocycles. The molecule has 0 saturated carbocycles.